The van der Waals surface area contributed by atoms with Gasteiger partial charge in [-0.1, -0.05) is 0 Å². The van der Waals surface area contributed by atoms with Gasteiger partial charge in [-0.15, -0.1) is 0 Å². The average molecular weight is 253 g/mol. The monoisotopic (exact) mass is 253 g/mol. The van der Waals surface area contributed by atoms with Crippen molar-refractivity contribution in [1.29, 1.82) is 0 Å². The molecule has 7 nitrogen and oxygen atoms in total. The van der Waals surface area contributed by atoms with E-state index in [-0.39, 0.29) is 6.23 Å². The van der Waals surface area contributed by atoms with Gasteiger partial charge in [0.25, 0.3) is 0 Å². The Morgan fingerprint density at radius 1 is 1.56 bits per heavy atom. The Balaban J connectivity index is 2.41. The molecule has 1 aromatic rings. The highest BCUT2D eigenvalue weighted by Crippen LogP contribution is 2.31. The molecule has 1 aromatic heterocycles. The number of ether oxygens (including phenoxy) is 2. The second-order valence-corrected chi connectivity index (χ2v) is 4.13. The molecule has 0 bridgehead atoms. The summed E-state index contributed by atoms with van der Waals surface area (Å²) >= 11 is 0. The number of hydrogen-bond acceptors (Lipinski definition) is 5. The Hall–Kier alpha value is -1.76. The van der Waals surface area contributed by atoms with Crippen LogP contribution in [0, 0.1) is 0 Å². The molecule has 7 heteroatoms. The molecule has 0 aliphatic carbocycles. The first kappa shape index (κ1) is 12.7. The molecule has 2 rings (SSSR count). The fraction of sp³-hybridized carbons (Fsp3) is 0.636. The smallest absolute Gasteiger partial charge is 0.300 e. The molecule has 2 heterocycles. The zero-order chi connectivity index (χ0) is 13.1. The van der Waals surface area contributed by atoms with E-state index < -0.39 is 0 Å². The average Bonchev–Trinajstić information content (AvgIpc) is 2.75. The second-order valence-electron chi connectivity index (χ2n) is 4.13. The number of nitrogens with two attached hydrogens (primary N) is 2. The summed E-state index contributed by atoms with van der Waals surface area (Å²) in [6.07, 6.45) is 2.91. The minimum Gasteiger partial charge on any atom is -0.468 e. The summed E-state index contributed by atoms with van der Waals surface area (Å²) in [5.74, 6) is 0.724. The van der Waals surface area contributed by atoms with Gasteiger partial charge in [0, 0.05) is 13.7 Å². The van der Waals surface area contributed by atoms with Crippen LogP contribution in [0.5, 0.6) is 6.01 Å². The zero-order valence-corrected chi connectivity index (χ0v) is 10.7. The number of hydrogen-bond donors (Lipinski definition) is 2. The zero-order valence-electron chi connectivity index (χ0n) is 10.7. The maximum absolute atomic E-state index is 6.07. The van der Waals surface area contributed by atoms with Gasteiger partial charge in [-0.05, 0) is 19.3 Å². The van der Waals surface area contributed by atoms with Crippen LogP contribution in [-0.4, -0.2) is 36.2 Å². The van der Waals surface area contributed by atoms with Gasteiger partial charge < -0.3 is 20.9 Å². The van der Waals surface area contributed by atoms with Gasteiger partial charge >= 0.3 is 6.01 Å². The maximum atomic E-state index is 6.07. The summed E-state index contributed by atoms with van der Waals surface area (Å²) in [5.41, 5.74) is 12.3. The first-order valence-electron chi connectivity index (χ1n) is 5.95. The van der Waals surface area contributed by atoms with E-state index in [1.54, 1.807) is 18.7 Å². The molecule has 1 aliphatic heterocycles. The summed E-state index contributed by atoms with van der Waals surface area (Å²) in [5, 5.41) is 0. The van der Waals surface area contributed by atoms with Crippen molar-refractivity contribution in [3.8, 4) is 6.01 Å². The largest absolute Gasteiger partial charge is 0.468 e. The number of aromatic nitrogens is 2. The summed E-state index contributed by atoms with van der Waals surface area (Å²) in [4.78, 5) is 8.15. The number of nitrogen functional groups attached to an aromatic ring is 1. The van der Waals surface area contributed by atoms with Gasteiger partial charge in [0.05, 0.1) is 7.11 Å². The van der Waals surface area contributed by atoms with Crippen LogP contribution < -0.4 is 16.2 Å². The van der Waals surface area contributed by atoms with Gasteiger partial charge in [0.15, 0.2) is 5.69 Å². The van der Waals surface area contributed by atoms with E-state index in [0.29, 0.717) is 23.4 Å². The first-order chi connectivity index (χ1) is 8.69. The van der Waals surface area contributed by atoms with Crippen LogP contribution >= 0.6 is 0 Å². The molecule has 0 amide bonds. The van der Waals surface area contributed by atoms with Crippen molar-refractivity contribution in [3.63, 3.8) is 0 Å². The summed E-state index contributed by atoms with van der Waals surface area (Å²) in [6.45, 7) is 0.720. The highest BCUT2D eigenvalue weighted by molar-refractivity contribution is 5.99. The third-order valence-corrected chi connectivity index (χ3v) is 3.03. The minimum absolute atomic E-state index is 0.139. The van der Waals surface area contributed by atoms with Crippen LogP contribution in [-0.2, 0) is 4.74 Å². The van der Waals surface area contributed by atoms with Crippen molar-refractivity contribution in [2.45, 2.75) is 25.5 Å². The molecular weight excluding hydrogens is 234 g/mol. The van der Waals surface area contributed by atoms with Gasteiger partial charge in [0.2, 0.25) is 0 Å². The second kappa shape index (κ2) is 5.26. The van der Waals surface area contributed by atoms with E-state index in [1.165, 1.54) is 0 Å². The SMILES string of the molecule is CN=C(N)c1nc(OC)n(C2CCCCO2)c1N. The van der Waals surface area contributed by atoms with Crippen LogP contribution in [0.1, 0.15) is 31.2 Å². The van der Waals surface area contributed by atoms with Gasteiger partial charge in [-0.2, -0.15) is 4.98 Å². The van der Waals surface area contributed by atoms with Crippen LogP contribution in [0.3, 0.4) is 0 Å². The van der Waals surface area contributed by atoms with Crippen molar-refractivity contribution in [1.82, 2.24) is 9.55 Å². The molecule has 18 heavy (non-hydrogen) atoms. The molecule has 1 fully saturated rings. The molecule has 1 unspecified atom stereocenters. The Labute approximate surface area is 106 Å². The van der Waals surface area contributed by atoms with Gasteiger partial charge in [-0.3, -0.25) is 9.56 Å². The van der Waals surface area contributed by atoms with Crippen molar-refractivity contribution in [2.75, 3.05) is 26.5 Å². The van der Waals surface area contributed by atoms with Crippen molar-refractivity contribution in [3.05, 3.63) is 5.69 Å². The van der Waals surface area contributed by atoms with Gasteiger partial charge in [0.1, 0.15) is 17.9 Å². The summed E-state index contributed by atoms with van der Waals surface area (Å²) in [7, 11) is 3.14. The van der Waals surface area contributed by atoms with E-state index in [2.05, 4.69) is 9.98 Å². The van der Waals surface area contributed by atoms with Crippen LogP contribution in [0.25, 0.3) is 0 Å². The molecule has 0 radical (unpaired) electrons. The molecular formula is C11H19N5O2. The molecule has 1 aliphatic rings. The fourth-order valence-electron chi connectivity index (χ4n) is 2.07. The van der Waals surface area contributed by atoms with Crippen molar-refractivity contribution >= 4 is 11.7 Å². The molecule has 100 valence electrons. The highest BCUT2D eigenvalue weighted by Gasteiger charge is 2.25. The Morgan fingerprint density at radius 2 is 2.33 bits per heavy atom. The summed E-state index contributed by atoms with van der Waals surface area (Å²) < 4.78 is 12.7. The number of aliphatic imine (C=N–C) groups is 1. The van der Waals surface area contributed by atoms with E-state index in [9.17, 15) is 0 Å². The fourth-order valence-corrected chi connectivity index (χ4v) is 2.07. The molecule has 0 spiro atoms. The van der Waals surface area contributed by atoms with Crippen LogP contribution in [0.4, 0.5) is 5.82 Å². The molecule has 1 saturated heterocycles. The number of nitrogens with zero attached hydrogens (tertiary/aromatic N) is 3. The number of anilines is 1. The number of imidazole rings is 1. The number of rotatable bonds is 3. The quantitative estimate of drug-likeness (QED) is 0.603. The van der Waals surface area contributed by atoms with E-state index in [0.717, 1.165) is 25.9 Å². The Morgan fingerprint density at radius 3 is 2.89 bits per heavy atom. The lowest BCUT2D eigenvalue weighted by Gasteiger charge is -2.25. The predicted molar refractivity (Wildman–Crippen MR) is 68.7 cm³/mol. The van der Waals surface area contributed by atoms with Crippen LogP contribution in [0.15, 0.2) is 4.99 Å². The normalized spacial score (nSPS) is 21.0. The summed E-state index contributed by atoms with van der Waals surface area (Å²) in [6, 6.07) is 0.404. The molecule has 0 saturated carbocycles. The number of methoxy groups -OCH3 is 1. The first-order valence-corrected chi connectivity index (χ1v) is 5.95. The Kier molecular flexibility index (Phi) is 3.71. The van der Waals surface area contributed by atoms with Crippen LogP contribution in [0.2, 0.25) is 0 Å². The predicted octanol–water partition coefficient (Wildman–Crippen LogP) is 0.508. The van der Waals surface area contributed by atoms with Gasteiger partial charge in [-0.25, -0.2) is 0 Å². The van der Waals surface area contributed by atoms with E-state index in [1.807, 2.05) is 0 Å². The third kappa shape index (κ3) is 2.13. The number of amidine groups is 1. The standard InChI is InChI=1S/C11H19N5O2/c1-14-9(12)8-10(13)16(11(15-8)17-2)7-5-3-4-6-18-7/h7H,3-6,13H2,1-2H3,(H2,12,14). The van der Waals surface area contributed by atoms with E-state index in [4.69, 9.17) is 20.9 Å². The molecule has 4 N–H and O–H groups in total. The lowest BCUT2D eigenvalue weighted by Crippen LogP contribution is -2.21. The minimum atomic E-state index is -0.139. The Bertz CT molecular complexity index is 449. The van der Waals surface area contributed by atoms with E-state index >= 15 is 0 Å². The molecule has 1 atom stereocenters. The lowest BCUT2D eigenvalue weighted by atomic mass is 10.2. The topological polar surface area (TPSA) is 101 Å². The highest BCUT2D eigenvalue weighted by atomic mass is 16.5. The molecule has 0 aromatic carbocycles. The lowest BCUT2D eigenvalue weighted by molar-refractivity contribution is -0.0343. The van der Waals surface area contributed by atoms with Crippen molar-refractivity contribution < 1.29 is 9.47 Å². The third-order valence-electron chi connectivity index (χ3n) is 3.03. The maximum Gasteiger partial charge on any atom is 0.300 e. The van der Waals surface area contributed by atoms with Crippen molar-refractivity contribution in [2.24, 2.45) is 10.7 Å².